The summed E-state index contributed by atoms with van der Waals surface area (Å²) in [5.41, 5.74) is 0.618. The molecule has 120 valence electrons. The fraction of sp³-hybridized carbons (Fsp3) is 0.375. The second kappa shape index (κ2) is 5.42. The minimum atomic E-state index is -0.490. The van der Waals surface area contributed by atoms with Gasteiger partial charge in [-0.25, -0.2) is 4.98 Å². The molecule has 0 atom stereocenters. The maximum absolute atomic E-state index is 12.2. The molecule has 1 aliphatic carbocycles. The van der Waals surface area contributed by atoms with Crippen LogP contribution in [0.3, 0.4) is 0 Å². The Morgan fingerprint density at radius 3 is 2.61 bits per heavy atom. The van der Waals surface area contributed by atoms with E-state index in [4.69, 9.17) is 4.42 Å². The molecule has 1 N–H and O–H groups in total. The Morgan fingerprint density at radius 1 is 1.26 bits per heavy atom. The average molecular weight is 332 g/mol. The first-order chi connectivity index (χ1) is 10.7. The van der Waals surface area contributed by atoms with E-state index < -0.39 is 5.91 Å². The molecule has 7 heteroatoms. The third kappa shape index (κ3) is 3.10. The topological polar surface area (TPSA) is 89.3 Å². The number of hydrogen-bond donors (Lipinski definition) is 1. The first-order valence-corrected chi connectivity index (χ1v) is 8.02. The largest absolute Gasteiger partial charge is 0.448 e. The van der Waals surface area contributed by atoms with Crippen LogP contribution in [0, 0.1) is 5.41 Å². The fourth-order valence-corrected chi connectivity index (χ4v) is 3.50. The number of nitrogens with one attached hydrogen (secondary N) is 1. The third-order valence-corrected chi connectivity index (χ3v) is 4.69. The molecule has 2 heterocycles. The molecule has 1 amide bonds. The number of Topliss-reactive ketones (excluding diaryl/α,β-unsaturated/α-hetero) is 2. The molecule has 6 nitrogen and oxygen atoms in total. The Bertz CT molecular complexity index is 816. The van der Waals surface area contributed by atoms with E-state index in [0.29, 0.717) is 22.9 Å². The lowest BCUT2D eigenvalue weighted by Gasteiger charge is -2.26. The lowest BCUT2D eigenvalue weighted by atomic mass is 9.78. The zero-order valence-corrected chi connectivity index (χ0v) is 13.9. The zero-order valence-electron chi connectivity index (χ0n) is 13.1. The van der Waals surface area contributed by atoms with Crippen molar-refractivity contribution in [3.8, 4) is 0 Å². The summed E-state index contributed by atoms with van der Waals surface area (Å²) in [4.78, 5) is 40.5. The van der Waals surface area contributed by atoms with Gasteiger partial charge < -0.3 is 4.42 Å². The summed E-state index contributed by atoms with van der Waals surface area (Å²) in [5, 5.41) is 2.99. The fourth-order valence-electron chi connectivity index (χ4n) is 2.58. The second-order valence-corrected chi connectivity index (χ2v) is 7.41. The molecule has 0 aliphatic heterocycles. The zero-order chi connectivity index (χ0) is 16.8. The summed E-state index contributed by atoms with van der Waals surface area (Å²) in [6, 6.07) is 2.89. The number of hydrogen-bond acceptors (Lipinski definition) is 6. The van der Waals surface area contributed by atoms with Gasteiger partial charge in [0.25, 0.3) is 5.91 Å². The van der Waals surface area contributed by atoms with E-state index in [1.807, 2.05) is 13.8 Å². The normalized spacial score (nSPS) is 16.0. The van der Waals surface area contributed by atoms with Crippen molar-refractivity contribution in [1.82, 2.24) is 4.98 Å². The molecular weight excluding hydrogens is 316 g/mol. The molecule has 0 radical (unpaired) electrons. The van der Waals surface area contributed by atoms with Gasteiger partial charge in [0.15, 0.2) is 28.2 Å². The number of furan rings is 1. The van der Waals surface area contributed by atoms with Gasteiger partial charge in [-0.15, -0.1) is 0 Å². The van der Waals surface area contributed by atoms with Crippen LogP contribution >= 0.6 is 11.3 Å². The van der Waals surface area contributed by atoms with Gasteiger partial charge in [-0.3, -0.25) is 19.7 Å². The quantitative estimate of drug-likeness (QED) is 0.871. The van der Waals surface area contributed by atoms with Crippen LogP contribution in [0.2, 0.25) is 0 Å². The van der Waals surface area contributed by atoms with Crippen LogP contribution in [0.15, 0.2) is 16.5 Å². The van der Waals surface area contributed by atoms with Gasteiger partial charge in [0.05, 0.1) is 10.6 Å². The Balaban J connectivity index is 1.80. The average Bonchev–Trinajstić information content (AvgIpc) is 3.03. The molecule has 0 spiro atoms. The molecular formula is C16H16N2O4S. The number of thiazole rings is 1. The minimum absolute atomic E-state index is 0.0371. The molecule has 0 saturated carbocycles. The first-order valence-electron chi connectivity index (χ1n) is 7.20. The molecule has 3 rings (SSSR count). The number of amides is 1. The molecule has 0 bridgehead atoms. The standard InChI is InChI=1S/C16H16N2O4S/c1-8(19)11-4-5-12(22-11)14(21)18-15-17-9-6-16(2,3)7-10(20)13(9)23-15/h4-5H,6-7H2,1-3H3,(H,17,18,21). The van der Waals surface area contributed by atoms with Crippen molar-refractivity contribution >= 4 is 33.9 Å². The van der Waals surface area contributed by atoms with Crippen LogP contribution in [0.25, 0.3) is 0 Å². The SMILES string of the molecule is CC(=O)c1ccc(C(=O)Nc2nc3c(s2)C(=O)CC(C)(C)C3)o1. The summed E-state index contributed by atoms with van der Waals surface area (Å²) >= 11 is 1.18. The summed E-state index contributed by atoms with van der Waals surface area (Å²) in [6.07, 6.45) is 1.19. The number of rotatable bonds is 3. The minimum Gasteiger partial charge on any atom is -0.448 e. The van der Waals surface area contributed by atoms with Crippen LogP contribution in [0.5, 0.6) is 0 Å². The van der Waals surface area contributed by atoms with Crippen LogP contribution in [0.4, 0.5) is 5.13 Å². The van der Waals surface area contributed by atoms with Crippen molar-refractivity contribution in [2.75, 3.05) is 5.32 Å². The van der Waals surface area contributed by atoms with Crippen molar-refractivity contribution in [2.45, 2.75) is 33.6 Å². The number of ketones is 2. The van der Waals surface area contributed by atoms with E-state index in [-0.39, 0.29) is 28.5 Å². The number of fused-ring (bicyclic) bond motifs is 1. The van der Waals surface area contributed by atoms with Crippen molar-refractivity contribution in [1.29, 1.82) is 0 Å². The lowest BCUT2D eigenvalue weighted by molar-refractivity contribution is 0.0914. The maximum Gasteiger partial charge on any atom is 0.293 e. The van der Waals surface area contributed by atoms with Crippen LogP contribution in [0.1, 0.15) is 63.7 Å². The van der Waals surface area contributed by atoms with E-state index in [2.05, 4.69) is 10.3 Å². The van der Waals surface area contributed by atoms with Gasteiger partial charge in [0, 0.05) is 13.3 Å². The smallest absolute Gasteiger partial charge is 0.293 e. The van der Waals surface area contributed by atoms with Crippen molar-refractivity contribution in [3.63, 3.8) is 0 Å². The van der Waals surface area contributed by atoms with E-state index in [9.17, 15) is 14.4 Å². The molecule has 0 saturated heterocycles. The summed E-state index contributed by atoms with van der Waals surface area (Å²) in [6.45, 7) is 5.41. The van der Waals surface area contributed by atoms with Crippen molar-refractivity contribution in [2.24, 2.45) is 5.41 Å². The predicted octanol–water partition coefficient (Wildman–Crippen LogP) is 3.35. The lowest BCUT2D eigenvalue weighted by Crippen LogP contribution is -2.26. The molecule has 2 aromatic heterocycles. The highest BCUT2D eigenvalue weighted by Gasteiger charge is 2.34. The van der Waals surface area contributed by atoms with Gasteiger partial charge in [-0.05, 0) is 24.0 Å². The van der Waals surface area contributed by atoms with Gasteiger partial charge in [-0.2, -0.15) is 0 Å². The summed E-state index contributed by atoms with van der Waals surface area (Å²) in [5.74, 6) is -0.511. The van der Waals surface area contributed by atoms with Gasteiger partial charge in [0.2, 0.25) is 0 Å². The van der Waals surface area contributed by atoms with E-state index in [0.717, 1.165) is 5.69 Å². The first kappa shape index (κ1) is 15.6. The Labute approximate surface area is 136 Å². The highest BCUT2D eigenvalue weighted by molar-refractivity contribution is 7.17. The third-order valence-electron chi connectivity index (χ3n) is 3.63. The maximum atomic E-state index is 12.2. The molecule has 2 aromatic rings. The van der Waals surface area contributed by atoms with Crippen LogP contribution < -0.4 is 5.32 Å². The highest BCUT2D eigenvalue weighted by atomic mass is 32.1. The highest BCUT2D eigenvalue weighted by Crippen LogP contribution is 2.38. The molecule has 23 heavy (non-hydrogen) atoms. The predicted molar refractivity (Wildman–Crippen MR) is 85.2 cm³/mol. The van der Waals surface area contributed by atoms with Gasteiger partial charge in [0.1, 0.15) is 0 Å². The van der Waals surface area contributed by atoms with Crippen LogP contribution in [-0.2, 0) is 6.42 Å². The number of carbonyl (C=O) groups is 3. The Kier molecular flexibility index (Phi) is 3.68. The number of carbonyl (C=O) groups excluding carboxylic acids is 3. The Morgan fingerprint density at radius 2 is 1.96 bits per heavy atom. The molecule has 1 aliphatic rings. The van der Waals surface area contributed by atoms with Crippen molar-refractivity contribution in [3.05, 3.63) is 34.2 Å². The number of aromatic nitrogens is 1. The second-order valence-electron chi connectivity index (χ2n) is 6.41. The number of nitrogens with zero attached hydrogens (tertiary/aromatic N) is 1. The van der Waals surface area contributed by atoms with E-state index >= 15 is 0 Å². The van der Waals surface area contributed by atoms with E-state index in [1.54, 1.807) is 0 Å². The molecule has 0 aromatic carbocycles. The summed E-state index contributed by atoms with van der Waals surface area (Å²) in [7, 11) is 0. The van der Waals surface area contributed by atoms with Gasteiger partial charge in [-0.1, -0.05) is 25.2 Å². The van der Waals surface area contributed by atoms with Crippen molar-refractivity contribution < 1.29 is 18.8 Å². The number of anilines is 1. The molecule has 0 unspecified atom stereocenters. The van der Waals surface area contributed by atoms with Gasteiger partial charge >= 0.3 is 0 Å². The van der Waals surface area contributed by atoms with Crippen LogP contribution in [-0.4, -0.2) is 22.5 Å². The molecule has 0 fully saturated rings. The Hall–Kier alpha value is -2.28. The monoisotopic (exact) mass is 332 g/mol. The van der Waals surface area contributed by atoms with E-state index in [1.165, 1.54) is 30.4 Å². The summed E-state index contributed by atoms with van der Waals surface area (Å²) < 4.78 is 5.18.